The summed E-state index contributed by atoms with van der Waals surface area (Å²) in [7, 11) is 0. The quantitative estimate of drug-likeness (QED) is 0.191. The van der Waals surface area contributed by atoms with Crippen molar-refractivity contribution in [2.24, 2.45) is 5.92 Å². The highest BCUT2D eigenvalue weighted by Gasteiger charge is 2.46. The Labute approximate surface area is 190 Å². The van der Waals surface area contributed by atoms with Gasteiger partial charge in [-0.15, -0.1) is 0 Å². The van der Waals surface area contributed by atoms with Crippen molar-refractivity contribution in [3.63, 3.8) is 0 Å². The predicted molar refractivity (Wildman–Crippen MR) is 113 cm³/mol. The summed E-state index contributed by atoms with van der Waals surface area (Å²) in [5.41, 5.74) is -1.20. The molecule has 0 spiro atoms. The van der Waals surface area contributed by atoms with E-state index in [9.17, 15) is 45.3 Å². The number of phenols is 4. The molecule has 0 unspecified atom stereocenters. The molecule has 1 saturated heterocycles. The minimum Gasteiger partial charge on any atom is -0.508 e. The monoisotopic (exact) mass is 476 g/mol. The van der Waals surface area contributed by atoms with Gasteiger partial charge in [0.25, 0.3) is 0 Å². The van der Waals surface area contributed by atoms with Crippen LogP contribution in [0.1, 0.15) is 0 Å². The molecule has 5 atom stereocenters. The number of fused-ring (bicyclic) bond motifs is 1. The lowest BCUT2D eigenvalue weighted by molar-refractivity contribution is -0.257. The minimum absolute atomic E-state index is 0.0162. The summed E-state index contributed by atoms with van der Waals surface area (Å²) in [4.78, 5) is 24.6. The van der Waals surface area contributed by atoms with Crippen LogP contribution in [0.15, 0.2) is 39.5 Å². The van der Waals surface area contributed by atoms with Gasteiger partial charge >= 0.3 is 0 Å². The zero-order valence-corrected chi connectivity index (χ0v) is 17.2. The lowest BCUT2D eigenvalue weighted by atomic mass is 9.90. The van der Waals surface area contributed by atoms with Gasteiger partial charge in [0.1, 0.15) is 34.9 Å². The Morgan fingerprint density at radius 3 is 2.35 bits per heavy atom. The lowest BCUT2D eigenvalue weighted by Crippen LogP contribution is -2.58. The number of benzene rings is 2. The van der Waals surface area contributed by atoms with Crippen LogP contribution in [-0.4, -0.2) is 73.2 Å². The van der Waals surface area contributed by atoms with E-state index in [2.05, 4.69) is 0 Å². The van der Waals surface area contributed by atoms with E-state index >= 15 is 0 Å². The maximum Gasteiger partial charge on any atom is 0.239 e. The first-order valence-corrected chi connectivity index (χ1v) is 9.95. The Hall–Kier alpha value is -3.84. The number of hydrogen-bond donors (Lipinski definition) is 7. The highest BCUT2D eigenvalue weighted by Crippen LogP contribution is 2.39. The van der Waals surface area contributed by atoms with Gasteiger partial charge < -0.3 is 54.4 Å². The summed E-state index contributed by atoms with van der Waals surface area (Å²) in [6.45, 7) is -0.710. The molecule has 1 aliphatic heterocycles. The first-order chi connectivity index (χ1) is 16.2. The molecule has 34 heavy (non-hydrogen) atoms. The first kappa shape index (κ1) is 23.3. The van der Waals surface area contributed by atoms with E-state index in [0.29, 0.717) is 6.29 Å². The number of carbonyl (C=O) groups excluding carboxylic acids is 1. The van der Waals surface area contributed by atoms with Crippen molar-refractivity contribution in [1.82, 2.24) is 0 Å². The summed E-state index contributed by atoms with van der Waals surface area (Å²) in [6.07, 6.45) is -6.24. The number of aromatic hydroxyl groups is 4. The number of aliphatic hydroxyl groups is 3. The molecule has 1 fully saturated rings. The molecule has 1 aromatic heterocycles. The van der Waals surface area contributed by atoms with Crippen LogP contribution in [-0.2, 0) is 9.53 Å². The number of rotatable bonds is 5. The Bertz CT molecular complexity index is 1300. The van der Waals surface area contributed by atoms with Crippen molar-refractivity contribution in [3.05, 3.63) is 40.6 Å². The molecule has 0 bridgehead atoms. The third-order valence-electron chi connectivity index (χ3n) is 5.49. The molecule has 1 aliphatic rings. The second-order valence-electron chi connectivity index (χ2n) is 7.67. The Morgan fingerprint density at radius 2 is 1.71 bits per heavy atom. The lowest BCUT2D eigenvalue weighted by Gasteiger charge is -2.39. The largest absolute Gasteiger partial charge is 0.508 e. The standard InChI is InChI=1S/C22H20O12/c23-6-10-15(7-24)33-22(19(31)17(10)29)34-21-18(30)16-13(28)4-9(25)5-14(16)32-20(21)8-1-2-11(26)12(27)3-8/h1-6,10,15,17,19,22,24-29,31H,7H2/t10-,15+,17-,19+,22-/m0/s1. The molecule has 2 aromatic carbocycles. The normalized spacial score (nSPS) is 24.7. The van der Waals surface area contributed by atoms with Crippen molar-refractivity contribution >= 4 is 17.3 Å². The van der Waals surface area contributed by atoms with E-state index in [1.54, 1.807) is 0 Å². The molecule has 4 rings (SSSR count). The van der Waals surface area contributed by atoms with Gasteiger partial charge in [-0.05, 0) is 18.2 Å². The van der Waals surface area contributed by atoms with Gasteiger partial charge in [-0.1, -0.05) is 0 Å². The topological polar surface area (TPSA) is 207 Å². The van der Waals surface area contributed by atoms with Gasteiger partial charge in [-0.3, -0.25) is 4.79 Å². The van der Waals surface area contributed by atoms with Crippen LogP contribution in [0.4, 0.5) is 0 Å². The fourth-order valence-electron chi connectivity index (χ4n) is 3.73. The summed E-state index contributed by atoms with van der Waals surface area (Å²) in [6, 6.07) is 5.35. The van der Waals surface area contributed by atoms with Crippen LogP contribution in [0.5, 0.6) is 28.7 Å². The van der Waals surface area contributed by atoms with Crippen molar-refractivity contribution in [1.29, 1.82) is 0 Å². The fourth-order valence-corrected chi connectivity index (χ4v) is 3.73. The van der Waals surface area contributed by atoms with Gasteiger partial charge in [0.15, 0.2) is 17.3 Å². The van der Waals surface area contributed by atoms with Crippen molar-refractivity contribution < 1.29 is 54.4 Å². The van der Waals surface area contributed by atoms with Crippen LogP contribution in [0.2, 0.25) is 0 Å². The molecule has 0 amide bonds. The second kappa shape index (κ2) is 8.83. The molecule has 12 heteroatoms. The van der Waals surface area contributed by atoms with Crippen LogP contribution in [0.3, 0.4) is 0 Å². The van der Waals surface area contributed by atoms with Crippen LogP contribution in [0, 0.1) is 5.92 Å². The van der Waals surface area contributed by atoms with Crippen LogP contribution >= 0.6 is 0 Å². The molecule has 7 N–H and O–H groups in total. The Kier molecular flexibility index (Phi) is 6.06. The molecule has 0 radical (unpaired) electrons. The highest BCUT2D eigenvalue weighted by molar-refractivity contribution is 5.88. The molecule has 3 aromatic rings. The van der Waals surface area contributed by atoms with E-state index in [1.807, 2.05) is 0 Å². The van der Waals surface area contributed by atoms with Crippen molar-refractivity contribution in [2.75, 3.05) is 6.61 Å². The third kappa shape index (κ3) is 3.88. The third-order valence-corrected chi connectivity index (χ3v) is 5.49. The van der Waals surface area contributed by atoms with Crippen molar-refractivity contribution in [2.45, 2.75) is 24.6 Å². The highest BCUT2D eigenvalue weighted by atomic mass is 16.7. The van der Waals surface area contributed by atoms with E-state index in [1.165, 1.54) is 6.07 Å². The molecule has 180 valence electrons. The van der Waals surface area contributed by atoms with Crippen molar-refractivity contribution in [3.8, 4) is 40.1 Å². The molecular weight excluding hydrogens is 456 g/mol. The van der Waals surface area contributed by atoms with E-state index < -0.39 is 76.7 Å². The maximum atomic E-state index is 13.3. The SMILES string of the molecule is O=C[C@@H]1[C@H](O)[C@@H](O)[C@H](Oc2c(-c3ccc(O)c(O)c3)oc3cc(O)cc(O)c3c2=O)O[C@@H]1CO. The summed E-state index contributed by atoms with van der Waals surface area (Å²) >= 11 is 0. The van der Waals surface area contributed by atoms with Crippen LogP contribution in [0.25, 0.3) is 22.3 Å². The smallest absolute Gasteiger partial charge is 0.239 e. The van der Waals surface area contributed by atoms with Crippen LogP contribution < -0.4 is 10.2 Å². The molecule has 2 heterocycles. The average molecular weight is 476 g/mol. The first-order valence-electron chi connectivity index (χ1n) is 9.95. The summed E-state index contributed by atoms with van der Waals surface area (Å²) in [5, 5.41) is 69.3. The minimum atomic E-state index is -1.83. The zero-order valence-electron chi connectivity index (χ0n) is 17.2. The Balaban J connectivity index is 1.90. The summed E-state index contributed by atoms with van der Waals surface area (Å²) in [5.74, 6) is -4.34. The average Bonchev–Trinajstić information content (AvgIpc) is 2.79. The molecule has 0 saturated carbocycles. The van der Waals surface area contributed by atoms with Gasteiger partial charge in [0, 0.05) is 17.7 Å². The number of ether oxygens (including phenoxy) is 2. The molecule has 0 aliphatic carbocycles. The number of aliphatic hydroxyl groups excluding tert-OH is 3. The van der Waals surface area contributed by atoms with E-state index in [4.69, 9.17) is 13.9 Å². The zero-order chi connectivity index (χ0) is 24.7. The number of hydrogen-bond acceptors (Lipinski definition) is 12. The Morgan fingerprint density at radius 1 is 0.971 bits per heavy atom. The predicted octanol–water partition coefficient (Wildman–Crippen LogP) is -0.0847. The molecular formula is C22H20O12. The molecule has 12 nitrogen and oxygen atoms in total. The van der Waals surface area contributed by atoms with E-state index in [0.717, 1.165) is 24.3 Å². The second-order valence-corrected chi connectivity index (χ2v) is 7.67. The maximum absolute atomic E-state index is 13.3. The van der Waals surface area contributed by atoms with E-state index in [-0.39, 0.29) is 16.9 Å². The number of phenolic OH excluding ortho intramolecular Hbond substituents is 4. The van der Waals surface area contributed by atoms with Gasteiger partial charge in [0.05, 0.1) is 24.7 Å². The summed E-state index contributed by atoms with van der Waals surface area (Å²) < 4.78 is 16.6. The fraction of sp³-hybridized carbons (Fsp3) is 0.273. The van der Waals surface area contributed by atoms with Gasteiger partial charge in [0.2, 0.25) is 17.5 Å². The van der Waals surface area contributed by atoms with Gasteiger partial charge in [-0.25, -0.2) is 0 Å². The number of aldehydes is 1. The van der Waals surface area contributed by atoms with Gasteiger partial charge in [-0.2, -0.15) is 0 Å². The number of carbonyl (C=O) groups is 1.